The lowest BCUT2D eigenvalue weighted by atomic mass is 10.0. The molecule has 0 spiro atoms. The number of hydrogen-bond acceptors (Lipinski definition) is 6. The number of aromatic nitrogens is 2. The molecule has 0 aliphatic carbocycles. The first kappa shape index (κ1) is 21.9. The highest BCUT2D eigenvalue weighted by molar-refractivity contribution is 6.01. The van der Waals surface area contributed by atoms with Crippen LogP contribution in [0.2, 0.25) is 0 Å². The van der Waals surface area contributed by atoms with Crippen LogP contribution in [0.4, 0.5) is 11.5 Å². The molecule has 3 aromatic carbocycles. The number of fused-ring (bicyclic) bond motifs is 1. The number of nitrogens with zero attached hydrogens (tertiary/aromatic N) is 3. The van der Waals surface area contributed by atoms with Gasteiger partial charge in [-0.3, -0.25) is 19.6 Å². The maximum Gasteiger partial charge on any atom is 0.292 e. The smallest absolute Gasteiger partial charge is 0.292 e. The second-order valence-corrected chi connectivity index (χ2v) is 7.80. The first-order valence-electron chi connectivity index (χ1n) is 10.8. The van der Waals surface area contributed by atoms with Gasteiger partial charge < -0.3 is 14.5 Å². The zero-order valence-electron chi connectivity index (χ0n) is 18.5. The predicted octanol–water partition coefficient (Wildman–Crippen LogP) is 5.42. The molecule has 9 nitrogen and oxygen atoms in total. The van der Waals surface area contributed by atoms with Crippen molar-refractivity contribution < 1.29 is 18.9 Å². The van der Waals surface area contributed by atoms with Crippen molar-refractivity contribution in [3.8, 4) is 5.75 Å². The van der Waals surface area contributed by atoms with Gasteiger partial charge in [-0.05, 0) is 40.6 Å². The minimum absolute atomic E-state index is 0.0196. The van der Waals surface area contributed by atoms with E-state index in [1.54, 1.807) is 22.9 Å². The fourth-order valence-corrected chi connectivity index (χ4v) is 3.70. The van der Waals surface area contributed by atoms with Gasteiger partial charge in [-0.15, -0.1) is 0 Å². The first-order chi connectivity index (χ1) is 17.0. The topological polar surface area (TPSA) is 112 Å². The number of ether oxygens (including phenoxy) is 1. The Bertz CT molecular complexity index is 1500. The van der Waals surface area contributed by atoms with Crippen LogP contribution in [0.5, 0.6) is 5.75 Å². The lowest BCUT2D eigenvalue weighted by Gasteiger charge is -2.07. The van der Waals surface area contributed by atoms with Gasteiger partial charge in [0, 0.05) is 24.4 Å². The van der Waals surface area contributed by atoms with Crippen molar-refractivity contribution in [1.29, 1.82) is 0 Å². The molecule has 0 saturated carbocycles. The van der Waals surface area contributed by atoms with Gasteiger partial charge in [-0.2, -0.15) is 5.10 Å². The molecule has 5 rings (SSSR count). The van der Waals surface area contributed by atoms with Gasteiger partial charge in [0.1, 0.15) is 18.1 Å². The summed E-state index contributed by atoms with van der Waals surface area (Å²) < 4.78 is 12.9. The predicted molar refractivity (Wildman–Crippen MR) is 129 cm³/mol. The molecule has 35 heavy (non-hydrogen) atoms. The monoisotopic (exact) mass is 468 g/mol. The fourth-order valence-electron chi connectivity index (χ4n) is 3.70. The molecule has 0 radical (unpaired) electrons. The number of benzene rings is 3. The van der Waals surface area contributed by atoms with Gasteiger partial charge >= 0.3 is 0 Å². The van der Waals surface area contributed by atoms with E-state index in [-0.39, 0.29) is 18.1 Å². The summed E-state index contributed by atoms with van der Waals surface area (Å²) >= 11 is 0. The molecule has 174 valence electrons. The van der Waals surface area contributed by atoms with E-state index in [2.05, 4.69) is 34.7 Å². The number of nitro groups is 1. The van der Waals surface area contributed by atoms with E-state index in [1.165, 1.54) is 24.3 Å². The Balaban J connectivity index is 1.19. The van der Waals surface area contributed by atoms with Crippen molar-refractivity contribution in [3.05, 3.63) is 118 Å². The molecule has 5 aromatic rings. The molecular weight excluding hydrogens is 448 g/mol. The number of nitrogens with one attached hydrogen (secondary N) is 1. The van der Waals surface area contributed by atoms with Crippen LogP contribution in [0.15, 0.2) is 95.5 Å². The molecule has 0 aliphatic rings. The number of non-ortho nitro benzene ring substituents is 1. The van der Waals surface area contributed by atoms with Gasteiger partial charge in [-0.25, -0.2) is 0 Å². The zero-order chi connectivity index (χ0) is 24.2. The third-order valence-electron chi connectivity index (χ3n) is 5.41. The first-order valence-corrected chi connectivity index (χ1v) is 10.8. The summed E-state index contributed by atoms with van der Waals surface area (Å²) in [5, 5.41) is 20.2. The molecule has 0 aliphatic heterocycles. The normalized spacial score (nSPS) is 10.9. The van der Waals surface area contributed by atoms with Gasteiger partial charge in [-0.1, -0.05) is 42.5 Å². The number of anilines is 1. The maximum absolute atomic E-state index is 12.6. The Morgan fingerprint density at radius 1 is 1.00 bits per heavy atom. The maximum atomic E-state index is 12.6. The highest BCUT2D eigenvalue weighted by Crippen LogP contribution is 2.21. The van der Waals surface area contributed by atoms with Crippen LogP contribution >= 0.6 is 0 Å². The Labute approximate surface area is 199 Å². The molecular formula is C26H20N4O5. The largest absolute Gasteiger partial charge is 0.486 e. The van der Waals surface area contributed by atoms with Crippen molar-refractivity contribution in [1.82, 2.24) is 9.78 Å². The molecule has 1 N–H and O–H groups in total. The number of nitro benzene ring substituents is 1. The van der Waals surface area contributed by atoms with Gasteiger partial charge in [0.2, 0.25) is 0 Å². The third kappa shape index (κ3) is 5.03. The molecule has 1 amide bonds. The SMILES string of the molecule is O=C(Nc1ccn(Cc2cccc3ccccc23)n1)c1ccc(COc2ccc([N+](=O)[O-])cc2)o1. The highest BCUT2D eigenvalue weighted by atomic mass is 16.6. The minimum atomic E-state index is -0.478. The van der Waals surface area contributed by atoms with Gasteiger partial charge in [0.05, 0.1) is 11.5 Å². The zero-order valence-corrected chi connectivity index (χ0v) is 18.5. The molecule has 2 heterocycles. The number of carbonyl (C=O) groups is 1. The van der Waals surface area contributed by atoms with E-state index in [0.717, 1.165) is 16.3 Å². The van der Waals surface area contributed by atoms with Crippen molar-refractivity contribution in [2.75, 3.05) is 5.32 Å². The highest BCUT2D eigenvalue weighted by Gasteiger charge is 2.14. The molecule has 0 atom stereocenters. The van der Waals surface area contributed by atoms with E-state index < -0.39 is 10.8 Å². The minimum Gasteiger partial charge on any atom is -0.486 e. The lowest BCUT2D eigenvalue weighted by Crippen LogP contribution is -2.12. The standard InChI is InChI=1S/C26H20N4O5/c31-26(24-13-12-22(35-24)17-34-21-10-8-20(9-11-21)30(32)33)27-25-14-15-29(28-25)16-19-6-3-5-18-4-1-2-7-23(18)19/h1-15H,16-17H2,(H,27,28,31). The summed E-state index contributed by atoms with van der Waals surface area (Å²) in [7, 11) is 0. The van der Waals surface area contributed by atoms with E-state index in [4.69, 9.17) is 9.15 Å². The van der Waals surface area contributed by atoms with Crippen LogP contribution in [-0.4, -0.2) is 20.6 Å². The van der Waals surface area contributed by atoms with E-state index in [9.17, 15) is 14.9 Å². The summed E-state index contributed by atoms with van der Waals surface area (Å²) in [5.41, 5.74) is 1.11. The summed E-state index contributed by atoms with van der Waals surface area (Å²) in [6.07, 6.45) is 1.81. The number of carbonyl (C=O) groups excluding carboxylic acids is 1. The Kier molecular flexibility index (Phi) is 5.96. The molecule has 0 saturated heterocycles. The fraction of sp³-hybridized carbons (Fsp3) is 0.0769. The molecule has 0 fully saturated rings. The summed E-state index contributed by atoms with van der Waals surface area (Å²) in [6, 6.07) is 25.0. The molecule has 0 unspecified atom stereocenters. The summed E-state index contributed by atoms with van der Waals surface area (Å²) in [6.45, 7) is 0.646. The van der Waals surface area contributed by atoms with Crippen LogP contribution in [0.25, 0.3) is 10.8 Å². The van der Waals surface area contributed by atoms with E-state index in [1.807, 2.05) is 24.4 Å². The van der Waals surface area contributed by atoms with E-state index in [0.29, 0.717) is 23.9 Å². The number of amides is 1. The van der Waals surface area contributed by atoms with Gasteiger partial charge in [0.25, 0.3) is 11.6 Å². The van der Waals surface area contributed by atoms with Crippen molar-refractivity contribution >= 4 is 28.2 Å². The van der Waals surface area contributed by atoms with Crippen LogP contribution in [-0.2, 0) is 13.2 Å². The van der Waals surface area contributed by atoms with Crippen LogP contribution < -0.4 is 10.1 Å². The average molecular weight is 468 g/mol. The number of hydrogen-bond donors (Lipinski definition) is 1. The summed E-state index contributed by atoms with van der Waals surface area (Å²) in [5.74, 6) is 0.998. The van der Waals surface area contributed by atoms with Crippen molar-refractivity contribution in [2.45, 2.75) is 13.2 Å². The number of furan rings is 1. The Hall–Kier alpha value is -4.92. The number of rotatable bonds is 8. The Morgan fingerprint density at radius 2 is 1.80 bits per heavy atom. The summed E-state index contributed by atoms with van der Waals surface area (Å²) in [4.78, 5) is 22.8. The van der Waals surface area contributed by atoms with Crippen LogP contribution in [0, 0.1) is 10.1 Å². The van der Waals surface area contributed by atoms with Crippen molar-refractivity contribution in [3.63, 3.8) is 0 Å². The average Bonchev–Trinajstić information content (AvgIpc) is 3.53. The van der Waals surface area contributed by atoms with Crippen molar-refractivity contribution in [2.24, 2.45) is 0 Å². The Morgan fingerprint density at radius 3 is 2.63 bits per heavy atom. The molecule has 0 bridgehead atoms. The van der Waals surface area contributed by atoms with Crippen LogP contribution in [0.3, 0.4) is 0 Å². The third-order valence-corrected chi connectivity index (χ3v) is 5.41. The van der Waals surface area contributed by atoms with Gasteiger partial charge in [0.15, 0.2) is 11.6 Å². The molecule has 9 heteroatoms. The molecule has 2 aromatic heterocycles. The lowest BCUT2D eigenvalue weighted by molar-refractivity contribution is -0.384. The van der Waals surface area contributed by atoms with Crippen LogP contribution in [0.1, 0.15) is 21.9 Å². The second kappa shape index (κ2) is 9.52. The van der Waals surface area contributed by atoms with E-state index >= 15 is 0 Å². The quantitative estimate of drug-likeness (QED) is 0.240. The second-order valence-electron chi connectivity index (χ2n) is 7.80.